The van der Waals surface area contributed by atoms with E-state index in [1.807, 2.05) is 0 Å². The number of anilines is 1. The van der Waals surface area contributed by atoms with Crippen LogP contribution in [0.25, 0.3) is 0 Å². The number of ether oxygens (including phenoxy) is 2. The van der Waals surface area contributed by atoms with E-state index >= 15 is 0 Å². The smallest absolute Gasteiger partial charge is 0.262 e. The fraction of sp³-hybridized carbons (Fsp3) is 0.387. The number of benzene rings is 2. The van der Waals surface area contributed by atoms with Crippen molar-refractivity contribution in [2.45, 2.75) is 59.3 Å². The number of hydrogen-bond acceptors (Lipinski definition) is 5. The number of allylic oxidation sites excluding steroid dienone is 4. The number of rotatable bonds is 5. The summed E-state index contributed by atoms with van der Waals surface area (Å²) >= 11 is 12.7. The molecule has 5 rings (SSSR count). The second kappa shape index (κ2) is 10.1. The normalized spacial score (nSPS) is 20.3. The summed E-state index contributed by atoms with van der Waals surface area (Å²) in [6.45, 7) is 7.94. The molecule has 8 heteroatoms. The van der Waals surface area contributed by atoms with Crippen LogP contribution in [0.4, 0.5) is 5.69 Å². The van der Waals surface area contributed by atoms with Crippen LogP contribution in [0.1, 0.15) is 64.9 Å². The molecule has 1 heterocycles. The van der Waals surface area contributed by atoms with E-state index in [9.17, 15) is 14.4 Å². The van der Waals surface area contributed by atoms with Crippen molar-refractivity contribution in [3.63, 3.8) is 0 Å². The first-order chi connectivity index (χ1) is 18.3. The first kappa shape index (κ1) is 27.5. The zero-order valence-electron chi connectivity index (χ0n) is 22.5. The average molecular weight is 568 g/mol. The molecular weight excluding hydrogens is 537 g/mol. The van der Waals surface area contributed by atoms with Crippen LogP contribution < -0.4 is 10.1 Å². The molecule has 0 spiro atoms. The summed E-state index contributed by atoms with van der Waals surface area (Å²) in [5.41, 5.74) is 1.84. The molecule has 6 nitrogen and oxygen atoms in total. The molecule has 0 fully saturated rings. The van der Waals surface area contributed by atoms with Crippen LogP contribution in [0.15, 0.2) is 65.1 Å². The molecule has 2 aromatic rings. The van der Waals surface area contributed by atoms with Crippen molar-refractivity contribution in [1.82, 2.24) is 0 Å². The highest BCUT2D eigenvalue weighted by molar-refractivity contribution is 6.33. The lowest BCUT2D eigenvalue weighted by atomic mass is 9.65. The summed E-state index contributed by atoms with van der Waals surface area (Å²) < 4.78 is 12.0. The number of halogens is 2. The van der Waals surface area contributed by atoms with E-state index in [-0.39, 0.29) is 39.9 Å². The van der Waals surface area contributed by atoms with Crippen molar-refractivity contribution in [1.29, 1.82) is 0 Å². The molecule has 2 aromatic carbocycles. The summed E-state index contributed by atoms with van der Waals surface area (Å²) in [7, 11) is 0. The van der Waals surface area contributed by atoms with Crippen LogP contribution in [0.5, 0.6) is 5.75 Å². The highest BCUT2D eigenvalue weighted by Gasteiger charge is 2.47. The van der Waals surface area contributed by atoms with Crippen LogP contribution in [-0.2, 0) is 19.1 Å². The molecule has 0 bridgehead atoms. The van der Waals surface area contributed by atoms with Crippen molar-refractivity contribution < 1.29 is 23.9 Å². The molecule has 1 amide bonds. The summed E-state index contributed by atoms with van der Waals surface area (Å²) in [4.78, 5) is 39.3. The lowest BCUT2D eigenvalue weighted by molar-refractivity contribution is -0.120. The number of amides is 1. The summed E-state index contributed by atoms with van der Waals surface area (Å²) in [6, 6.07) is 12.1. The van der Waals surface area contributed by atoms with Gasteiger partial charge in [0, 0.05) is 42.7 Å². The molecule has 3 aliphatic rings. The van der Waals surface area contributed by atoms with E-state index < -0.39 is 5.92 Å². The van der Waals surface area contributed by atoms with Gasteiger partial charge in [-0.25, -0.2) is 0 Å². The van der Waals surface area contributed by atoms with Crippen LogP contribution in [0.3, 0.4) is 0 Å². The van der Waals surface area contributed by atoms with E-state index in [2.05, 4.69) is 33.0 Å². The van der Waals surface area contributed by atoms with Crippen molar-refractivity contribution in [3.8, 4) is 5.75 Å². The van der Waals surface area contributed by atoms with Crippen LogP contribution in [0, 0.1) is 10.8 Å². The molecule has 0 unspecified atom stereocenters. The van der Waals surface area contributed by atoms with Crippen molar-refractivity contribution >= 4 is 46.4 Å². The van der Waals surface area contributed by atoms with E-state index in [0.717, 1.165) is 5.56 Å². The van der Waals surface area contributed by atoms with Gasteiger partial charge in [0.15, 0.2) is 18.2 Å². The van der Waals surface area contributed by atoms with Crippen LogP contribution >= 0.6 is 23.2 Å². The third-order valence-corrected chi connectivity index (χ3v) is 8.00. The molecule has 0 atom stereocenters. The third-order valence-electron chi connectivity index (χ3n) is 7.38. The highest BCUT2D eigenvalue weighted by Crippen LogP contribution is 2.53. The second-order valence-corrected chi connectivity index (χ2v) is 12.9. The molecule has 1 N–H and O–H groups in total. The quantitative estimate of drug-likeness (QED) is 0.406. The minimum atomic E-state index is -0.550. The van der Waals surface area contributed by atoms with Gasteiger partial charge in [-0.1, -0.05) is 69.1 Å². The van der Waals surface area contributed by atoms with Gasteiger partial charge in [0.1, 0.15) is 17.3 Å². The number of para-hydroxylation sites is 1. The summed E-state index contributed by atoms with van der Waals surface area (Å²) in [5.74, 6) is 0.661. The minimum Gasteiger partial charge on any atom is -0.482 e. The Labute approximate surface area is 238 Å². The standard InChI is InChI=1S/C31H31Cl2NO5/c1-30(2)12-21(35)28-24(14-30)39-25-15-31(3,4)13-22(36)29(25)27(28)17-9-10-23(19(33)11-17)38-16-26(37)34-20-8-6-5-7-18(20)32/h5-11,27H,12-16H2,1-4H3,(H,34,37). The largest absolute Gasteiger partial charge is 0.482 e. The Balaban J connectivity index is 1.44. The predicted octanol–water partition coefficient (Wildman–Crippen LogP) is 7.41. The number of carbonyl (C=O) groups is 3. The predicted molar refractivity (Wildman–Crippen MR) is 151 cm³/mol. The Morgan fingerprint density at radius 2 is 1.49 bits per heavy atom. The summed E-state index contributed by atoms with van der Waals surface area (Å²) in [6.07, 6.45) is 1.99. The Bertz CT molecular complexity index is 1400. The molecule has 1 aliphatic heterocycles. The minimum absolute atomic E-state index is 0.0110. The fourth-order valence-electron chi connectivity index (χ4n) is 5.71. The second-order valence-electron chi connectivity index (χ2n) is 12.1. The first-order valence-electron chi connectivity index (χ1n) is 13.0. The van der Waals surface area contributed by atoms with Crippen molar-refractivity contribution in [2.75, 3.05) is 11.9 Å². The Hall–Kier alpha value is -3.09. The van der Waals surface area contributed by atoms with Gasteiger partial charge in [-0.05, 0) is 40.7 Å². The lowest BCUT2D eigenvalue weighted by Crippen LogP contribution is -2.37. The van der Waals surface area contributed by atoms with E-state index in [1.54, 1.807) is 42.5 Å². The highest BCUT2D eigenvalue weighted by atomic mass is 35.5. The summed E-state index contributed by atoms with van der Waals surface area (Å²) in [5, 5.41) is 3.41. The van der Waals surface area contributed by atoms with Gasteiger partial charge in [-0.15, -0.1) is 0 Å². The zero-order chi connectivity index (χ0) is 28.1. The maximum atomic E-state index is 13.5. The topological polar surface area (TPSA) is 81.7 Å². The molecule has 204 valence electrons. The maximum Gasteiger partial charge on any atom is 0.262 e. The molecule has 2 aliphatic carbocycles. The van der Waals surface area contributed by atoms with Gasteiger partial charge in [-0.3, -0.25) is 14.4 Å². The average Bonchev–Trinajstić information content (AvgIpc) is 2.82. The fourth-order valence-corrected chi connectivity index (χ4v) is 6.14. The van der Waals surface area contributed by atoms with Gasteiger partial charge < -0.3 is 14.8 Å². The van der Waals surface area contributed by atoms with Gasteiger partial charge in [0.25, 0.3) is 5.91 Å². The van der Waals surface area contributed by atoms with Crippen molar-refractivity contribution in [2.24, 2.45) is 10.8 Å². The van der Waals surface area contributed by atoms with Crippen LogP contribution in [-0.4, -0.2) is 24.1 Å². The van der Waals surface area contributed by atoms with Gasteiger partial charge in [-0.2, -0.15) is 0 Å². The SMILES string of the molecule is CC1(C)CC(=O)C2=C(C1)OC1=C(C(=O)CC(C)(C)C1)C2c1ccc(OCC(=O)Nc2ccccc2Cl)c(Cl)c1. The molecule has 0 aromatic heterocycles. The molecule has 0 saturated heterocycles. The van der Waals surface area contributed by atoms with Crippen molar-refractivity contribution in [3.05, 3.63) is 80.7 Å². The Morgan fingerprint density at radius 1 is 0.897 bits per heavy atom. The number of ketones is 2. The van der Waals surface area contributed by atoms with Gasteiger partial charge >= 0.3 is 0 Å². The number of nitrogens with one attached hydrogen (secondary N) is 1. The third kappa shape index (κ3) is 5.64. The monoisotopic (exact) mass is 567 g/mol. The zero-order valence-corrected chi connectivity index (χ0v) is 24.0. The van der Waals surface area contributed by atoms with E-state index in [4.69, 9.17) is 32.7 Å². The van der Waals surface area contributed by atoms with Gasteiger partial charge in [0.05, 0.1) is 15.7 Å². The Morgan fingerprint density at radius 3 is 2.05 bits per heavy atom. The van der Waals surface area contributed by atoms with Crippen LogP contribution in [0.2, 0.25) is 10.0 Å². The van der Waals surface area contributed by atoms with E-state index in [1.165, 1.54) is 0 Å². The first-order valence-corrected chi connectivity index (χ1v) is 13.8. The number of carbonyl (C=O) groups excluding carboxylic acids is 3. The Kier molecular flexibility index (Phi) is 7.15. The molecular formula is C31H31Cl2NO5. The lowest BCUT2D eigenvalue weighted by Gasteiger charge is -2.42. The maximum absolute atomic E-state index is 13.5. The van der Waals surface area contributed by atoms with E-state index in [0.29, 0.717) is 64.8 Å². The molecule has 0 radical (unpaired) electrons. The molecule has 39 heavy (non-hydrogen) atoms. The number of hydrogen-bond donors (Lipinski definition) is 1. The number of Topliss-reactive ketones (excluding diaryl/α,β-unsaturated/α-hetero) is 2. The molecule has 0 saturated carbocycles. The van der Waals surface area contributed by atoms with Gasteiger partial charge in [0.2, 0.25) is 0 Å².